The van der Waals surface area contributed by atoms with E-state index in [4.69, 9.17) is 15.0 Å². The maximum Gasteiger partial charge on any atom is 0.240 e. The average Bonchev–Trinajstić information content (AvgIpc) is 3.86. The van der Waals surface area contributed by atoms with Crippen molar-refractivity contribution in [2.45, 2.75) is 0 Å². The molecular formula is C57H35N5. The molecule has 5 nitrogen and oxygen atoms in total. The van der Waals surface area contributed by atoms with Crippen molar-refractivity contribution >= 4 is 43.6 Å². The van der Waals surface area contributed by atoms with Gasteiger partial charge in [0, 0.05) is 32.7 Å². The third-order valence-electron chi connectivity index (χ3n) is 12.6. The highest BCUT2D eigenvalue weighted by Crippen LogP contribution is 2.52. The summed E-state index contributed by atoms with van der Waals surface area (Å²) >= 11 is 0. The largest absolute Gasteiger partial charge is 0.278 e. The highest BCUT2D eigenvalue weighted by molar-refractivity contribution is 6.12. The number of rotatable bonds is 4. The first-order valence-corrected chi connectivity index (χ1v) is 21.0. The predicted molar refractivity (Wildman–Crippen MR) is 255 cm³/mol. The molecule has 0 saturated carbocycles. The van der Waals surface area contributed by atoms with Crippen LogP contribution in [0.2, 0.25) is 0 Å². The molecule has 0 aliphatic heterocycles. The lowest BCUT2D eigenvalue weighted by molar-refractivity contribution is 0.893. The van der Waals surface area contributed by atoms with Crippen LogP contribution in [0.1, 0.15) is 0 Å². The number of para-hydroxylation sites is 4. The lowest BCUT2D eigenvalue weighted by atomic mass is 9.77. The first kappa shape index (κ1) is 34.5. The number of hydrogen-bond donors (Lipinski definition) is 0. The van der Waals surface area contributed by atoms with Crippen LogP contribution in [0.3, 0.4) is 0 Å². The van der Waals surface area contributed by atoms with E-state index < -0.39 is 0 Å². The summed E-state index contributed by atoms with van der Waals surface area (Å²) in [6, 6.07) is 75.8. The van der Waals surface area contributed by atoms with Crippen LogP contribution in [-0.4, -0.2) is 24.1 Å². The molecule has 0 spiro atoms. The molecule has 62 heavy (non-hydrogen) atoms. The summed E-state index contributed by atoms with van der Waals surface area (Å²) in [4.78, 5) is 16.8. The highest BCUT2D eigenvalue weighted by Gasteiger charge is 2.29. The van der Waals surface area contributed by atoms with Gasteiger partial charge < -0.3 is 0 Å². The van der Waals surface area contributed by atoms with Crippen LogP contribution in [0.4, 0.5) is 0 Å². The Hall–Kier alpha value is -8.41. The fraction of sp³-hybridized carbons (Fsp3) is 0. The van der Waals surface area contributed by atoms with Gasteiger partial charge in [0.1, 0.15) is 0 Å². The molecule has 0 N–H and O–H groups in total. The zero-order valence-electron chi connectivity index (χ0n) is 33.4. The van der Waals surface area contributed by atoms with E-state index in [9.17, 15) is 0 Å². The summed E-state index contributed by atoms with van der Waals surface area (Å²) < 4.78 is 4.42. The summed E-state index contributed by atoms with van der Waals surface area (Å²) in [5.41, 5.74) is 16.4. The van der Waals surface area contributed by atoms with Crippen molar-refractivity contribution in [1.29, 1.82) is 0 Å². The van der Waals surface area contributed by atoms with Crippen LogP contribution in [0.5, 0.6) is 0 Å². The van der Waals surface area contributed by atoms with Crippen LogP contribution in [0.15, 0.2) is 212 Å². The third kappa shape index (κ3) is 5.06. The highest BCUT2D eigenvalue weighted by atomic mass is 15.3. The Bertz CT molecular complexity index is 3520. The van der Waals surface area contributed by atoms with Gasteiger partial charge in [-0.1, -0.05) is 188 Å². The lowest BCUT2D eigenvalue weighted by Crippen LogP contribution is -2.11. The number of hydrogen-bond acceptors (Lipinski definition) is 3. The van der Waals surface area contributed by atoms with Gasteiger partial charge >= 0.3 is 0 Å². The number of fused-ring (bicyclic) bond motifs is 14. The Morgan fingerprint density at radius 3 is 1.03 bits per heavy atom. The minimum atomic E-state index is 0.547. The van der Waals surface area contributed by atoms with E-state index >= 15 is 0 Å². The van der Waals surface area contributed by atoms with Gasteiger partial charge in [-0.25, -0.2) is 0 Å². The quantitative estimate of drug-likeness (QED) is 0.178. The Morgan fingerprint density at radius 2 is 0.581 bits per heavy atom. The fourth-order valence-corrected chi connectivity index (χ4v) is 9.98. The molecule has 0 amide bonds. The second kappa shape index (κ2) is 13.6. The van der Waals surface area contributed by atoms with Gasteiger partial charge in [-0.05, 0) is 74.3 Å². The van der Waals surface area contributed by atoms with Crippen molar-refractivity contribution in [2.75, 3.05) is 0 Å². The van der Waals surface area contributed by atoms with E-state index in [1.807, 2.05) is 0 Å². The molecule has 1 aliphatic rings. The summed E-state index contributed by atoms with van der Waals surface area (Å²) in [6.45, 7) is 0. The van der Waals surface area contributed by atoms with Crippen LogP contribution in [0, 0.1) is 0 Å². The minimum Gasteiger partial charge on any atom is -0.278 e. The van der Waals surface area contributed by atoms with Gasteiger partial charge in [-0.15, -0.1) is 0 Å². The fourth-order valence-electron chi connectivity index (χ4n) is 9.98. The van der Waals surface area contributed by atoms with Crippen LogP contribution < -0.4 is 0 Å². The molecule has 9 aromatic carbocycles. The second-order valence-electron chi connectivity index (χ2n) is 15.9. The Balaban J connectivity index is 1.23. The maximum absolute atomic E-state index is 5.67. The molecule has 12 aromatic rings. The summed E-state index contributed by atoms with van der Waals surface area (Å²) in [5.74, 6) is 1.68. The van der Waals surface area contributed by atoms with Crippen molar-refractivity contribution < 1.29 is 0 Å². The van der Waals surface area contributed by atoms with Crippen LogP contribution in [-0.2, 0) is 0 Å². The predicted octanol–water partition coefficient (Wildman–Crippen LogP) is 14.4. The molecule has 0 saturated heterocycles. The van der Waals surface area contributed by atoms with E-state index in [0.717, 1.165) is 88.1 Å². The minimum absolute atomic E-state index is 0.547. The molecule has 1 aliphatic carbocycles. The normalized spacial score (nSPS) is 11.9. The smallest absolute Gasteiger partial charge is 0.240 e. The van der Waals surface area contributed by atoms with Gasteiger partial charge in [0.15, 0.2) is 5.82 Å². The van der Waals surface area contributed by atoms with E-state index in [1.54, 1.807) is 0 Å². The zero-order chi connectivity index (χ0) is 40.7. The Kier molecular flexibility index (Phi) is 7.54. The van der Waals surface area contributed by atoms with E-state index in [2.05, 4.69) is 221 Å². The van der Waals surface area contributed by atoms with Crippen molar-refractivity contribution in [2.24, 2.45) is 0 Å². The molecule has 0 unspecified atom stereocenters. The standard InChI is InChI=1S/C57H35N5/c1-2-18-36(19-3-1)37-34-35-48-42-24-7-6-22-40(42)38-20-4-5-21-39(38)41-23-8-9-29-47(41)53(48)54(37)55-58-56(61-49-30-14-10-25-43(49)44-26-11-15-31-50(44)61)60-57(59-55)62-51-32-16-12-27-45(51)46-28-13-17-33-52(46)62/h1-35H. The van der Waals surface area contributed by atoms with E-state index in [-0.39, 0.29) is 0 Å². The molecule has 3 heterocycles. The van der Waals surface area contributed by atoms with Crippen LogP contribution in [0.25, 0.3) is 123 Å². The van der Waals surface area contributed by atoms with Gasteiger partial charge in [0.05, 0.1) is 22.1 Å². The van der Waals surface area contributed by atoms with E-state index in [1.165, 1.54) is 16.7 Å². The SMILES string of the molecule is c1ccc(-c2ccc3c(c2-c2nc(-n4c5ccccc5c5ccccc54)nc(-n4c5ccccc5c5ccccc54)n2)-c2ccccc2-c2ccccc2-c2ccccc2-3)cc1. The van der Waals surface area contributed by atoms with Crippen molar-refractivity contribution in [3.63, 3.8) is 0 Å². The molecular weight excluding hydrogens is 755 g/mol. The molecule has 5 heteroatoms. The maximum atomic E-state index is 5.67. The molecule has 0 radical (unpaired) electrons. The topological polar surface area (TPSA) is 48.5 Å². The van der Waals surface area contributed by atoms with Gasteiger partial charge in [0.2, 0.25) is 11.9 Å². The zero-order valence-corrected chi connectivity index (χ0v) is 33.4. The van der Waals surface area contributed by atoms with Gasteiger partial charge in [-0.3, -0.25) is 9.13 Å². The Morgan fingerprint density at radius 1 is 0.242 bits per heavy atom. The van der Waals surface area contributed by atoms with Crippen LogP contribution >= 0.6 is 0 Å². The summed E-state index contributed by atoms with van der Waals surface area (Å²) in [5, 5.41) is 4.56. The summed E-state index contributed by atoms with van der Waals surface area (Å²) in [7, 11) is 0. The number of benzene rings is 9. The molecule has 13 rings (SSSR count). The lowest BCUT2D eigenvalue weighted by Gasteiger charge is -2.26. The average molecular weight is 790 g/mol. The summed E-state index contributed by atoms with van der Waals surface area (Å²) in [6.07, 6.45) is 0. The number of aromatic nitrogens is 5. The monoisotopic (exact) mass is 789 g/mol. The molecule has 0 atom stereocenters. The molecule has 3 aromatic heterocycles. The first-order chi connectivity index (χ1) is 30.8. The molecule has 0 fully saturated rings. The van der Waals surface area contributed by atoms with Crippen molar-refractivity contribution in [3.05, 3.63) is 212 Å². The van der Waals surface area contributed by atoms with Gasteiger partial charge in [0.25, 0.3) is 0 Å². The Labute approximate surface area is 357 Å². The third-order valence-corrected chi connectivity index (χ3v) is 12.6. The van der Waals surface area contributed by atoms with E-state index in [0.29, 0.717) is 17.7 Å². The van der Waals surface area contributed by atoms with Crippen molar-refractivity contribution in [3.8, 4) is 78.9 Å². The molecule has 0 bridgehead atoms. The number of nitrogens with zero attached hydrogens (tertiary/aromatic N) is 5. The molecule has 288 valence electrons. The van der Waals surface area contributed by atoms with Gasteiger partial charge in [-0.2, -0.15) is 15.0 Å². The second-order valence-corrected chi connectivity index (χ2v) is 15.9. The first-order valence-electron chi connectivity index (χ1n) is 21.0. The van der Waals surface area contributed by atoms with Crippen molar-refractivity contribution in [1.82, 2.24) is 24.1 Å².